The molecule has 0 aliphatic heterocycles. The van der Waals surface area contributed by atoms with Crippen LogP contribution < -0.4 is 10.6 Å². The van der Waals surface area contributed by atoms with E-state index in [4.69, 9.17) is 0 Å². The first-order valence-electron chi connectivity index (χ1n) is 4.15. The number of hydrogen-bond donors (Lipinski definition) is 2. The van der Waals surface area contributed by atoms with Crippen molar-refractivity contribution in [2.45, 2.75) is 6.92 Å². The second-order valence-electron chi connectivity index (χ2n) is 3.00. The van der Waals surface area contributed by atoms with Crippen LogP contribution in [0.2, 0.25) is 0 Å². The quantitative estimate of drug-likeness (QED) is 0.513. The minimum atomic E-state index is -0.132. The Hall–Kier alpha value is -0.940. The molecule has 76 valence electrons. The van der Waals surface area contributed by atoms with Crippen LogP contribution in [0.4, 0.5) is 0 Å². The van der Waals surface area contributed by atoms with Gasteiger partial charge in [-0.05, 0) is 21.0 Å². The number of likely N-dealkylation sites (N-methyl/N-ethyl adjacent to an activating group) is 1. The molecular weight excluding hydrogens is 170 g/mol. The second kappa shape index (κ2) is 6.56. The van der Waals surface area contributed by atoms with E-state index in [0.29, 0.717) is 13.2 Å². The summed E-state index contributed by atoms with van der Waals surface area (Å²) in [5.74, 6) is -0.169. The van der Waals surface area contributed by atoms with Crippen LogP contribution in [0.1, 0.15) is 6.92 Å². The first-order valence-corrected chi connectivity index (χ1v) is 4.15. The van der Waals surface area contributed by atoms with Crippen LogP contribution in [0.15, 0.2) is 0 Å². The van der Waals surface area contributed by atoms with Crippen molar-refractivity contribution < 1.29 is 9.59 Å². The lowest BCUT2D eigenvalue weighted by Gasteiger charge is -2.14. The van der Waals surface area contributed by atoms with Gasteiger partial charge in [0.2, 0.25) is 5.91 Å². The number of Topliss-reactive ketones (excluding diaryl/α,β-unsaturated/α-hetero) is 1. The molecule has 0 spiro atoms. The number of nitrogens with zero attached hydrogens (tertiary/aromatic N) is 1. The van der Waals surface area contributed by atoms with Crippen molar-refractivity contribution in [2.75, 3.05) is 33.9 Å². The van der Waals surface area contributed by atoms with Gasteiger partial charge in [-0.2, -0.15) is 0 Å². The van der Waals surface area contributed by atoms with Crippen LogP contribution in [-0.2, 0) is 9.59 Å². The highest BCUT2D eigenvalue weighted by atomic mass is 16.2. The molecule has 0 heterocycles. The molecule has 0 aromatic rings. The van der Waals surface area contributed by atoms with E-state index in [1.54, 1.807) is 0 Å². The summed E-state index contributed by atoms with van der Waals surface area (Å²) < 4.78 is 0. The van der Waals surface area contributed by atoms with E-state index in [1.807, 2.05) is 19.0 Å². The molecule has 0 aliphatic rings. The van der Waals surface area contributed by atoms with Gasteiger partial charge in [0.15, 0.2) is 0 Å². The van der Waals surface area contributed by atoms with Gasteiger partial charge in [0, 0.05) is 6.67 Å². The molecule has 0 saturated heterocycles. The minimum Gasteiger partial charge on any atom is -0.348 e. The smallest absolute Gasteiger partial charge is 0.234 e. The summed E-state index contributed by atoms with van der Waals surface area (Å²) >= 11 is 0. The fourth-order valence-corrected chi connectivity index (χ4v) is 0.850. The molecule has 0 aromatic carbocycles. The molecule has 5 nitrogen and oxygen atoms in total. The van der Waals surface area contributed by atoms with E-state index in [0.717, 1.165) is 0 Å². The van der Waals surface area contributed by atoms with Crippen molar-refractivity contribution in [1.82, 2.24) is 15.5 Å². The lowest BCUT2D eigenvalue weighted by atomic mass is 10.4. The first kappa shape index (κ1) is 12.1. The van der Waals surface area contributed by atoms with Crippen LogP contribution in [0.3, 0.4) is 0 Å². The molecule has 13 heavy (non-hydrogen) atoms. The second-order valence-corrected chi connectivity index (χ2v) is 3.00. The van der Waals surface area contributed by atoms with Crippen LogP contribution in [0, 0.1) is 0 Å². The van der Waals surface area contributed by atoms with Crippen molar-refractivity contribution >= 4 is 11.7 Å². The topological polar surface area (TPSA) is 61.4 Å². The molecule has 1 amide bonds. The van der Waals surface area contributed by atoms with Gasteiger partial charge in [-0.1, -0.05) is 0 Å². The molecule has 0 radical (unpaired) electrons. The molecule has 0 bridgehead atoms. The summed E-state index contributed by atoms with van der Waals surface area (Å²) in [6.45, 7) is 2.51. The van der Waals surface area contributed by atoms with Gasteiger partial charge in [0.05, 0.1) is 13.1 Å². The molecule has 0 aromatic heterocycles. The Bertz CT molecular complexity index is 182. The number of carbonyl (C=O) groups excluding carboxylic acids is 2. The number of amides is 1. The van der Waals surface area contributed by atoms with Gasteiger partial charge >= 0.3 is 0 Å². The monoisotopic (exact) mass is 187 g/mol. The molecule has 0 aliphatic carbocycles. The SMILES string of the molecule is CNCN(C)CC(=O)NCC(C)=O. The normalized spacial score (nSPS) is 10.2. The Balaban J connectivity index is 3.55. The minimum absolute atomic E-state index is 0.0374. The van der Waals surface area contributed by atoms with Gasteiger partial charge in [-0.15, -0.1) is 0 Å². The third-order valence-electron chi connectivity index (χ3n) is 1.38. The van der Waals surface area contributed by atoms with Crippen molar-refractivity contribution in [3.8, 4) is 0 Å². The number of carbonyl (C=O) groups is 2. The van der Waals surface area contributed by atoms with Gasteiger partial charge < -0.3 is 10.6 Å². The lowest BCUT2D eigenvalue weighted by Crippen LogP contribution is -2.40. The zero-order valence-corrected chi connectivity index (χ0v) is 8.39. The molecule has 0 unspecified atom stereocenters. The van der Waals surface area contributed by atoms with E-state index in [-0.39, 0.29) is 18.2 Å². The summed E-state index contributed by atoms with van der Waals surface area (Å²) in [7, 11) is 3.63. The third-order valence-corrected chi connectivity index (χ3v) is 1.38. The summed E-state index contributed by atoms with van der Waals surface area (Å²) in [4.78, 5) is 23.4. The summed E-state index contributed by atoms with van der Waals surface area (Å²) in [5, 5.41) is 5.43. The maximum absolute atomic E-state index is 11.1. The largest absolute Gasteiger partial charge is 0.348 e. The van der Waals surface area contributed by atoms with E-state index in [9.17, 15) is 9.59 Å². The molecule has 0 saturated carbocycles. The van der Waals surface area contributed by atoms with Crippen molar-refractivity contribution in [2.24, 2.45) is 0 Å². The van der Waals surface area contributed by atoms with E-state index in [1.165, 1.54) is 6.92 Å². The molecule has 0 rings (SSSR count). The van der Waals surface area contributed by atoms with Gasteiger partial charge in [0.25, 0.3) is 0 Å². The molecular formula is C8H17N3O2. The highest BCUT2D eigenvalue weighted by Gasteiger charge is 2.05. The molecule has 2 N–H and O–H groups in total. The van der Waals surface area contributed by atoms with Crippen molar-refractivity contribution in [1.29, 1.82) is 0 Å². The summed E-state index contributed by atoms with van der Waals surface area (Å²) in [5.41, 5.74) is 0. The zero-order chi connectivity index (χ0) is 10.3. The Labute approximate surface area is 78.5 Å². The van der Waals surface area contributed by atoms with Gasteiger partial charge in [0.1, 0.15) is 5.78 Å². The predicted octanol–water partition coefficient (Wildman–Crippen LogP) is -1.20. The van der Waals surface area contributed by atoms with Gasteiger partial charge in [-0.3, -0.25) is 14.5 Å². The summed E-state index contributed by atoms with van der Waals surface area (Å²) in [6, 6.07) is 0. The van der Waals surface area contributed by atoms with E-state index < -0.39 is 0 Å². The Morgan fingerprint density at radius 3 is 2.46 bits per heavy atom. The maximum atomic E-state index is 11.1. The first-order chi connectivity index (χ1) is 6.06. The number of hydrogen-bond acceptors (Lipinski definition) is 4. The fourth-order valence-electron chi connectivity index (χ4n) is 0.850. The van der Waals surface area contributed by atoms with Crippen molar-refractivity contribution in [3.05, 3.63) is 0 Å². The lowest BCUT2D eigenvalue weighted by molar-refractivity contribution is -0.125. The number of rotatable bonds is 6. The highest BCUT2D eigenvalue weighted by Crippen LogP contribution is 1.78. The molecule has 0 atom stereocenters. The Morgan fingerprint density at radius 1 is 1.38 bits per heavy atom. The fraction of sp³-hybridized carbons (Fsp3) is 0.750. The van der Waals surface area contributed by atoms with E-state index in [2.05, 4.69) is 10.6 Å². The Kier molecular flexibility index (Phi) is 6.09. The number of ketones is 1. The zero-order valence-electron chi connectivity index (χ0n) is 8.39. The molecule has 0 fully saturated rings. The van der Waals surface area contributed by atoms with Crippen LogP contribution >= 0.6 is 0 Å². The maximum Gasteiger partial charge on any atom is 0.234 e. The Morgan fingerprint density at radius 2 is 2.00 bits per heavy atom. The van der Waals surface area contributed by atoms with Gasteiger partial charge in [-0.25, -0.2) is 0 Å². The summed E-state index contributed by atoms with van der Waals surface area (Å²) in [6.07, 6.45) is 0. The average Bonchev–Trinajstić information content (AvgIpc) is 2.01. The highest BCUT2D eigenvalue weighted by molar-refractivity contribution is 5.85. The average molecular weight is 187 g/mol. The predicted molar refractivity (Wildman–Crippen MR) is 50.2 cm³/mol. The van der Waals surface area contributed by atoms with Crippen LogP contribution in [-0.4, -0.2) is 50.4 Å². The van der Waals surface area contributed by atoms with Crippen LogP contribution in [0.5, 0.6) is 0 Å². The van der Waals surface area contributed by atoms with Crippen molar-refractivity contribution in [3.63, 3.8) is 0 Å². The third kappa shape index (κ3) is 7.42. The standard InChI is InChI=1S/C8H17N3O2/c1-7(12)4-10-8(13)5-11(3)6-9-2/h9H,4-6H2,1-3H3,(H,10,13). The molecule has 5 heteroatoms. The van der Waals surface area contributed by atoms with Crippen LogP contribution in [0.25, 0.3) is 0 Å². The number of nitrogens with one attached hydrogen (secondary N) is 2. The van der Waals surface area contributed by atoms with E-state index >= 15 is 0 Å².